The highest BCUT2D eigenvalue weighted by atomic mass is 19.4. The molecule has 1 amide bonds. The molecular weight excluding hydrogens is 465 g/mol. The second-order valence-electron chi connectivity index (χ2n) is 8.67. The summed E-state index contributed by atoms with van der Waals surface area (Å²) in [6.45, 7) is 3.43. The Kier molecular flexibility index (Phi) is 5.59. The van der Waals surface area contributed by atoms with E-state index in [1.54, 1.807) is 18.2 Å². The molecule has 0 bridgehead atoms. The van der Waals surface area contributed by atoms with E-state index in [2.05, 4.69) is 15.7 Å². The third-order valence-corrected chi connectivity index (χ3v) is 6.21. The summed E-state index contributed by atoms with van der Waals surface area (Å²) < 4.78 is 53.4. The van der Waals surface area contributed by atoms with Gasteiger partial charge in [-0.25, -0.2) is 4.68 Å². The van der Waals surface area contributed by atoms with Gasteiger partial charge in [-0.15, -0.1) is 0 Å². The zero-order valence-electron chi connectivity index (χ0n) is 18.9. The summed E-state index contributed by atoms with van der Waals surface area (Å²) in [4.78, 5) is 13.2. The fraction of sp³-hybridized carbons (Fsp3) is 0.333. The molecule has 0 unspecified atom stereocenters. The monoisotopic (exact) mass is 488 g/mol. The number of aliphatic hydroxyl groups excluding tert-OH is 1. The molecule has 0 radical (unpaired) electrons. The third-order valence-electron chi connectivity index (χ3n) is 6.21. The van der Waals surface area contributed by atoms with E-state index in [1.165, 1.54) is 13.0 Å². The number of alkyl halides is 3. The van der Waals surface area contributed by atoms with Crippen molar-refractivity contribution in [3.63, 3.8) is 0 Å². The number of hydrogen-bond donors (Lipinski definition) is 3. The smallest absolute Gasteiger partial charge is 0.410 e. The minimum atomic E-state index is -4.56. The first-order chi connectivity index (χ1) is 16.6. The minimum absolute atomic E-state index is 0.00600. The van der Waals surface area contributed by atoms with Gasteiger partial charge < -0.3 is 25.2 Å². The highest BCUT2D eigenvalue weighted by Gasteiger charge is 2.47. The van der Waals surface area contributed by atoms with E-state index in [4.69, 9.17) is 9.47 Å². The molecule has 3 aromatic rings. The number of anilines is 2. The standard InChI is InChI=1S/C24H23F3N4O4/c1-12-3-5-14(6-4-12)17-9-21(24(25,26)27)31-22(29-17)16(10-28-31)23(33)30-18-8-20-19(34-11-35-20)7-15(18)13(2)32/h3-8,10,13,17,21,29,32H,9,11H2,1-2H3,(H,30,33)/t13-,17-,21+/m1/s1. The summed E-state index contributed by atoms with van der Waals surface area (Å²) in [6.07, 6.45) is -4.66. The molecule has 2 aromatic carbocycles. The number of halogens is 3. The zero-order chi connectivity index (χ0) is 24.9. The van der Waals surface area contributed by atoms with Crippen LogP contribution in [0.3, 0.4) is 0 Å². The maximum atomic E-state index is 14.0. The Morgan fingerprint density at radius 1 is 1.23 bits per heavy atom. The van der Waals surface area contributed by atoms with Crippen molar-refractivity contribution in [2.75, 3.05) is 17.4 Å². The van der Waals surface area contributed by atoms with Crippen LogP contribution in [0.5, 0.6) is 11.5 Å². The molecule has 35 heavy (non-hydrogen) atoms. The Bertz CT molecular complexity index is 1270. The Labute approximate surface area is 198 Å². The van der Waals surface area contributed by atoms with Crippen LogP contribution in [0.25, 0.3) is 0 Å². The second-order valence-corrected chi connectivity index (χ2v) is 8.67. The summed E-state index contributed by atoms with van der Waals surface area (Å²) in [6, 6.07) is 7.70. The first-order valence-corrected chi connectivity index (χ1v) is 11.0. The topological polar surface area (TPSA) is 97.6 Å². The normalized spacial score (nSPS) is 19.6. The van der Waals surface area contributed by atoms with Crippen LogP contribution < -0.4 is 20.1 Å². The largest absolute Gasteiger partial charge is 0.454 e. The highest BCUT2D eigenvalue weighted by molar-refractivity contribution is 6.08. The predicted octanol–water partition coefficient (Wildman–Crippen LogP) is 4.89. The number of aryl methyl sites for hydroxylation is 1. The van der Waals surface area contributed by atoms with Crippen LogP contribution in [0.4, 0.5) is 24.7 Å². The molecule has 0 aliphatic carbocycles. The fourth-order valence-corrected chi connectivity index (χ4v) is 4.35. The van der Waals surface area contributed by atoms with Crippen LogP contribution in [-0.4, -0.2) is 33.8 Å². The average molecular weight is 488 g/mol. The maximum Gasteiger partial charge on any atom is 0.410 e. The van der Waals surface area contributed by atoms with Crippen molar-refractivity contribution in [2.45, 2.75) is 44.6 Å². The Morgan fingerprint density at radius 3 is 2.57 bits per heavy atom. The Balaban J connectivity index is 1.50. The number of aliphatic hydroxyl groups is 1. The Hall–Kier alpha value is -3.73. The van der Waals surface area contributed by atoms with Crippen molar-refractivity contribution in [1.82, 2.24) is 9.78 Å². The molecule has 5 rings (SSSR count). The summed E-state index contributed by atoms with van der Waals surface area (Å²) in [5, 5.41) is 19.8. The van der Waals surface area contributed by atoms with Gasteiger partial charge in [-0.3, -0.25) is 4.79 Å². The molecule has 0 saturated carbocycles. The van der Waals surface area contributed by atoms with Crippen molar-refractivity contribution in [3.05, 3.63) is 64.8 Å². The SMILES string of the molecule is Cc1ccc([C@H]2C[C@@H](C(F)(F)F)n3ncc(C(=O)Nc4cc5c(cc4[C@@H](C)O)OCO5)c3N2)cc1. The lowest BCUT2D eigenvalue weighted by Crippen LogP contribution is -2.36. The molecule has 3 N–H and O–H groups in total. The molecule has 1 aromatic heterocycles. The number of fused-ring (bicyclic) bond motifs is 2. The molecule has 3 atom stereocenters. The van der Waals surface area contributed by atoms with Crippen molar-refractivity contribution in [3.8, 4) is 11.5 Å². The van der Waals surface area contributed by atoms with Gasteiger partial charge in [0.2, 0.25) is 6.79 Å². The molecule has 8 nitrogen and oxygen atoms in total. The highest BCUT2D eigenvalue weighted by Crippen LogP contribution is 2.45. The van der Waals surface area contributed by atoms with Crippen LogP contribution in [0, 0.1) is 6.92 Å². The van der Waals surface area contributed by atoms with Gasteiger partial charge in [-0.1, -0.05) is 29.8 Å². The van der Waals surface area contributed by atoms with Crippen LogP contribution in [0.15, 0.2) is 42.6 Å². The molecule has 2 aliphatic rings. The van der Waals surface area contributed by atoms with E-state index in [9.17, 15) is 23.1 Å². The number of nitrogens with zero attached hydrogens (tertiary/aromatic N) is 2. The summed E-state index contributed by atoms with van der Waals surface area (Å²) in [5.41, 5.74) is 2.25. The number of hydrogen-bond acceptors (Lipinski definition) is 6. The van der Waals surface area contributed by atoms with E-state index in [-0.39, 0.29) is 30.3 Å². The zero-order valence-corrected chi connectivity index (χ0v) is 18.9. The minimum Gasteiger partial charge on any atom is -0.454 e. The van der Waals surface area contributed by atoms with Gasteiger partial charge >= 0.3 is 6.18 Å². The quantitative estimate of drug-likeness (QED) is 0.484. The molecule has 184 valence electrons. The lowest BCUT2D eigenvalue weighted by Gasteiger charge is -2.34. The molecule has 0 saturated heterocycles. The summed E-state index contributed by atoms with van der Waals surface area (Å²) >= 11 is 0. The van der Waals surface area contributed by atoms with E-state index in [0.29, 0.717) is 22.6 Å². The molecule has 0 fully saturated rings. The fourth-order valence-electron chi connectivity index (χ4n) is 4.35. The van der Waals surface area contributed by atoms with Gasteiger partial charge in [0, 0.05) is 18.1 Å². The summed E-state index contributed by atoms with van der Waals surface area (Å²) in [7, 11) is 0. The number of amides is 1. The van der Waals surface area contributed by atoms with Gasteiger partial charge in [0.1, 0.15) is 11.4 Å². The molecular formula is C24H23F3N4O4. The van der Waals surface area contributed by atoms with E-state index in [0.717, 1.165) is 16.4 Å². The Morgan fingerprint density at radius 2 is 1.91 bits per heavy atom. The number of carbonyl (C=O) groups excluding carboxylic acids is 1. The predicted molar refractivity (Wildman–Crippen MR) is 121 cm³/mol. The van der Waals surface area contributed by atoms with Gasteiger partial charge in [-0.2, -0.15) is 18.3 Å². The number of nitrogens with one attached hydrogen (secondary N) is 2. The molecule has 2 aliphatic heterocycles. The van der Waals surface area contributed by atoms with Crippen molar-refractivity contribution >= 4 is 17.4 Å². The van der Waals surface area contributed by atoms with E-state index < -0.39 is 30.3 Å². The number of carbonyl (C=O) groups is 1. The molecule has 3 heterocycles. The lowest BCUT2D eigenvalue weighted by atomic mass is 9.96. The van der Waals surface area contributed by atoms with E-state index in [1.807, 2.05) is 19.1 Å². The second kappa shape index (κ2) is 8.49. The number of aromatic nitrogens is 2. The van der Waals surface area contributed by atoms with Gasteiger partial charge in [-0.05, 0) is 25.5 Å². The van der Waals surface area contributed by atoms with Crippen molar-refractivity contribution < 1.29 is 32.5 Å². The average Bonchev–Trinajstić information content (AvgIpc) is 3.44. The van der Waals surface area contributed by atoms with Crippen LogP contribution in [-0.2, 0) is 0 Å². The van der Waals surface area contributed by atoms with Gasteiger partial charge in [0.25, 0.3) is 5.91 Å². The van der Waals surface area contributed by atoms with Crippen LogP contribution >= 0.6 is 0 Å². The third kappa shape index (κ3) is 4.27. The van der Waals surface area contributed by atoms with Crippen LogP contribution in [0.2, 0.25) is 0 Å². The van der Waals surface area contributed by atoms with Gasteiger partial charge in [0.05, 0.1) is 24.0 Å². The van der Waals surface area contributed by atoms with Crippen molar-refractivity contribution in [2.24, 2.45) is 0 Å². The first-order valence-electron chi connectivity index (χ1n) is 11.0. The lowest BCUT2D eigenvalue weighted by molar-refractivity contribution is -0.173. The summed E-state index contributed by atoms with van der Waals surface area (Å²) in [5.74, 6) is 0.111. The number of rotatable bonds is 4. The maximum absolute atomic E-state index is 14.0. The molecule has 11 heteroatoms. The number of benzene rings is 2. The van der Waals surface area contributed by atoms with Gasteiger partial charge in [0.15, 0.2) is 17.5 Å². The van der Waals surface area contributed by atoms with Crippen molar-refractivity contribution in [1.29, 1.82) is 0 Å². The van der Waals surface area contributed by atoms with E-state index >= 15 is 0 Å². The first kappa shape index (κ1) is 23.0. The van der Waals surface area contributed by atoms with Crippen LogP contribution in [0.1, 0.15) is 58.6 Å². The molecule has 0 spiro atoms. The number of ether oxygens (including phenoxy) is 2.